The fraction of sp³-hybridized carbons (Fsp3) is 0.350. The van der Waals surface area contributed by atoms with Gasteiger partial charge in [-0.3, -0.25) is 4.79 Å². The summed E-state index contributed by atoms with van der Waals surface area (Å²) in [6.07, 6.45) is 4.42. The maximum atomic E-state index is 15.4. The first-order chi connectivity index (χ1) is 12.9. The van der Waals surface area contributed by atoms with Crippen LogP contribution in [0, 0.1) is 11.7 Å². The van der Waals surface area contributed by atoms with Crippen molar-refractivity contribution < 1.29 is 14.0 Å². The number of aromatic nitrogens is 1. The number of hydrogen-bond donors (Lipinski definition) is 2. The van der Waals surface area contributed by atoms with Gasteiger partial charge in [-0.15, -0.1) is 0 Å². The third kappa shape index (κ3) is 4.34. The number of carbonyl (C=O) groups excluding carboxylic acids is 2. The smallest absolute Gasteiger partial charge is 0.199 e. The molecule has 0 spiro atoms. The molecule has 1 aromatic heterocycles. The summed E-state index contributed by atoms with van der Waals surface area (Å²) in [6.45, 7) is 1.88. The monoisotopic (exact) mass is 389 g/mol. The minimum Gasteiger partial charge on any atom is -0.384 e. The van der Waals surface area contributed by atoms with Gasteiger partial charge in [0.15, 0.2) is 5.78 Å². The van der Waals surface area contributed by atoms with E-state index < -0.39 is 11.6 Å². The Labute approximate surface area is 162 Å². The van der Waals surface area contributed by atoms with E-state index in [-0.39, 0.29) is 40.0 Å². The molecule has 1 aliphatic carbocycles. The molecule has 2 aromatic rings. The molecule has 1 aliphatic rings. The van der Waals surface area contributed by atoms with Crippen molar-refractivity contribution >= 4 is 29.5 Å². The summed E-state index contributed by atoms with van der Waals surface area (Å²) in [7, 11) is 0. The van der Waals surface area contributed by atoms with Crippen LogP contribution in [0.25, 0.3) is 0 Å². The summed E-state index contributed by atoms with van der Waals surface area (Å²) in [5.41, 5.74) is 5.98. The van der Waals surface area contributed by atoms with Crippen LogP contribution in [0.15, 0.2) is 30.5 Å². The Morgan fingerprint density at radius 2 is 2.15 bits per heavy atom. The van der Waals surface area contributed by atoms with Gasteiger partial charge in [0.05, 0.1) is 10.6 Å². The Hall–Kier alpha value is -2.31. The average molecular weight is 390 g/mol. The van der Waals surface area contributed by atoms with Gasteiger partial charge < -0.3 is 15.8 Å². The number of carbonyl (C=O) groups is 2. The van der Waals surface area contributed by atoms with Gasteiger partial charge in [0, 0.05) is 35.8 Å². The molecule has 142 valence electrons. The summed E-state index contributed by atoms with van der Waals surface area (Å²) in [4.78, 5) is 27.5. The highest BCUT2D eigenvalue weighted by atomic mass is 35.5. The van der Waals surface area contributed by atoms with Gasteiger partial charge in [-0.2, -0.15) is 0 Å². The summed E-state index contributed by atoms with van der Waals surface area (Å²) >= 11 is 6.16. The second kappa shape index (κ2) is 8.15. The van der Waals surface area contributed by atoms with Crippen molar-refractivity contribution in [3.05, 3.63) is 58.0 Å². The molecule has 0 amide bonds. The molecule has 7 heteroatoms. The van der Waals surface area contributed by atoms with Crippen LogP contribution >= 0.6 is 11.6 Å². The van der Waals surface area contributed by atoms with Crippen molar-refractivity contribution in [1.29, 1.82) is 0 Å². The number of halogens is 2. The lowest BCUT2D eigenvalue weighted by atomic mass is 9.95. The topological polar surface area (TPSA) is 85.1 Å². The maximum Gasteiger partial charge on any atom is 0.199 e. The standard InChI is InChI=1S/C20H21ClFN3O2/c1-11(8-9-26)25-19(12-2-3-12)14-5-6-15(21)17(18(14)22)20(27)13-4-7-16(23)24-10-13/h4-7,9-12,19,25H,2-3,8H2,1H3,(H2,23,24)/t11?,19-/m1/s1. The van der Waals surface area contributed by atoms with E-state index in [1.54, 1.807) is 12.1 Å². The van der Waals surface area contributed by atoms with Crippen LogP contribution in [0.1, 0.15) is 53.7 Å². The van der Waals surface area contributed by atoms with Crippen LogP contribution in [0.2, 0.25) is 5.02 Å². The van der Waals surface area contributed by atoms with E-state index in [2.05, 4.69) is 10.3 Å². The highest BCUT2D eigenvalue weighted by molar-refractivity contribution is 6.35. The minimum atomic E-state index is -0.632. The Balaban J connectivity index is 1.97. The number of rotatable bonds is 8. The van der Waals surface area contributed by atoms with E-state index in [0.717, 1.165) is 19.1 Å². The van der Waals surface area contributed by atoms with E-state index in [4.69, 9.17) is 17.3 Å². The second-order valence-electron chi connectivity index (χ2n) is 6.91. The van der Waals surface area contributed by atoms with Gasteiger partial charge in [0.2, 0.25) is 0 Å². The summed E-state index contributed by atoms with van der Waals surface area (Å²) < 4.78 is 15.4. The molecule has 27 heavy (non-hydrogen) atoms. The number of nitrogens with zero attached hydrogens (tertiary/aromatic N) is 1. The van der Waals surface area contributed by atoms with Crippen molar-refractivity contribution in [2.24, 2.45) is 5.92 Å². The van der Waals surface area contributed by atoms with Gasteiger partial charge >= 0.3 is 0 Å². The van der Waals surface area contributed by atoms with Gasteiger partial charge in [-0.05, 0) is 43.9 Å². The molecule has 0 saturated heterocycles. The SMILES string of the molecule is CC(CC=O)N[C@@H](c1ccc(Cl)c(C(=O)c2ccc(N)nc2)c1F)C1CC1. The van der Waals surface area contributed by atoms with Crippen LogP contribution < -0.4 is 11.1 Å². The summed E-state index contributed by atoms with van der Waals surface area (Å²) in [5.74, 6) is -0.626. The molecule has 0 bridgehead atoms. The van der Waals surface area contributed by atoms with Gasteiger partial charge in [-0.25, -0.2) is 9.37 Å². The molecule has 0 radical (unpaired) electrons. The van der Waals surface area contributed by atoms with Crippen molar-refractivity contribution in [2.75, 3.05) is 5.73 Å². The molecular formula is C20H21ClFN3O2. The molecule has 5 nitrogen and oxygen atoms in total. The first-order valence-electron chi connectivity index (χ1n) is 8.86. The van der Waals surface area contributed by atoms with Crippen LogP contribution in [0.3, 0.4) is 0 Å². The number of pyridine rings is 1. The molecule has 3 N–H and O–H groups in total. The van der Waals surface area contributed by atoms with Crippen molar-refractivity contribution in [2.45, 2.75) is 38.3 Å². The van der Waals surface area contributed by atoms with Gasteiger partial charge in [0.1, 0.15) is 17.9 Å². The third-order valence-electron chi connectivity index (χ3n) is 4.74. The number of anilines is 1. The summed E-state index contributed by atoms with van der Waals surface area (Å²) in [6, 6.07) is 5.77. The predicted molar refractivity (Wildman–Crippen MR) is 102 cm³/mol. The molecule has 3 rings (SSSR count). The quantitative estimate of drug-likeness (QED) is 0.531. The largest absolute Gasteiger partial charge is 0.384 e. The van der Waals surface area contributed by atoms with Crippen LogP contribution in [0.4, 0.5) is 10.2 Å². The van der Waals surface area contributed by atoms with E-state index in [1.165, 1.54) is 18.3 Å². The molecule has 1 unspecified atom stereocenters. The number of hydrogen-bond acceptors (Lipinski definition) is 5. The van der Waals surface area contributed by atoms with E-state index >= 15 is 4.39 Å². The Morgan fingerprint density at radius 1 is 1.41 bits per heavy atom. The molecule has 1 saturated carbocycles. The predicted octanol–water partition coefficient (Wildman–Crippen LogP) is 3.71. The normalized spacial score (nSPS) is 16.0. The Morgan fingerprint density at radius 3 is 2.74 bits per heavy atom. The zero-order valence-corrected chi connectivity index (χ0v) is 15.7. The number of ketones is 1. The highest BCUT2D eigenvalue weighted by Crippen LogP contribution is 2.43. The van der Waals surface area contributed by atoms with E-state index in [0.29, 0.717) is 12.0 Å². The first kappa shape index (κ1) is 19.5. The Kier molecular flexibility index (Phi) is 5.87. The Bertz CT molecular complexity index is 853. The number of aldehydes is 1. The fourth-order valence-electron chi connectivity index (χ4n) is 3.13. The molecule has 1 fully saturated rings. The van der Waals surface area contributed by atoms with Gasteiger partial charge in [-0.1, -0.05) is 17.7 Å². The maximum absolute atomic E-state index is 15.4. The molecule has 0 aliphatic heterocycles. The highest BCUT2D eigenvalue weighted by Gasteiger charge is 2.36. The average Bonchev–Trinajstić information content (AvgIpc) is 3.46. The molecule has 1 heterocycles. The van der Waals surface area contributed by atoms with Crippen LogP contribution in [-0.4, -0.2) is 23.1 Å². The minimum absolute atomic E-state index is 0.0496. The van der Waals surface area contributed by atoms with Crippen molar-refractivity contribution in [3.8, 4) is 0 Å². The van der Waals surface area contributed by atoms with Gasteiger partial charge in [0.25, 0.3) is 0 Å². The van der Waals surface area contributed by atoms with E-state index in [1.807, 2.05) is 6.92 Å². The number of nitrogen functional groups attached to an aromatic ring is 1. The molecule has 2 atom stereocenters. The number of nitrogens with one attached hydrogen (secondary N) is 1. The third-order valence-corrected chi connectivity index (χ3v) is 5.05. The fourth-order valence-corrected chi connectivity index (χ4v) is 3.36. The number of benzene rings is 1. The second-order valence-corrected chi connectivity index (χ2v) is 7.32. The lowest BCUT2D eigenvalue weighted by Gasteiger charge is -2.24. The van der Waals surface area contributed by atoms with Crippen molar-refractivity contribution in [1.82, 2.24) is 10.3 Å². The van der Waals surface area contributed by atoms with Crippen LogP contribution in [0.5, 0.6) is 0 Å². The van der Waals surface area contributed by atoms with Crippen molar-refractivity contribution in [3.63, 3.8) is 0 Å². The zero-order chi connectivity index (χ0) is 19.6. The number of nitrogens with two attached hydrogens (primary N) is 1. The lowest BCUT2D eigenvalue weighted by Crippen LogP contribution is -2.33. The first-order valence-corrected chi connectivity index (χ1v) is 9.24. The van der Waals surface area contributed by atoms with Crippen LogP contribution in [-0.2, 0) is 4.79 Å². The summed E-state index contributed by atoms with van der Waals surface area (Å²) in [5, 5.41) is 3.36. The molecule has 1 aromatic carbocycles. The van der Waals surface area contributed by atoms with E-state index in [9.17, 15) is 9.59 Å². The zero-order valence-electron chi connectivity index (χ0n) is 14.9. The molecular weight excluding hydrogens is 369 g/mol. The lowest BCUT2D eigenvalue weighted by molar-refractivity contribution is -0.108.